The van der Waals surface area contributed by atoms with E-state index in [2.05, 4.69) is 0 Å². The summed E-state index contributed by atoms with van der Waals surface area (Å²) in [5, 5.41) is 0. The Hall–Kier alpha value is -1.60. The van der Waals surface area contributed by atoms with Gasteiger partial charge in [0.25, 0.3) is 0 Å². The topological polar surface area (TPSA) is 72.9 Å². The Morgan fingerprint density at radius 3 is 2.77 bits per heavy atom. The second-order valence-corrected chi connectivity index (χ2v) is 7.01. The predicted octanol–water partition coefficient (Wildman–Crippen LogP) is 1.66. The zero-order valence-electron chi connectivity index (χ0n) is 12.8. The van der Waals surface area contributed by atoms with E-state index in [9.17, 15) is 13.2 Å². The van der Waals surface area contributed by atoms with E-state index in [0.717, 1.165) is 0 Å². The third-order valence-corrected chi connectivity index (χ3v) is 5.60. The molecule has 1 atom stereocenters. The third-order valence-electron chi connectivity index (χ3n) is 3.69. The summed E-state index contributed by atoms with van der Waals surface area (Å²) in [4.78, 5) is 12.0. The quantitative estimate of drug-likeness (QED) is 0.769. The van der Waals surface area contributed by atoms with E-state index >= 15 is 0 Å². The van der Waals surface area contributed by atoms with E-state index in [-0.39, 0.29) is 17.4 Å². The summed E-state index contributed by atoms with van der Waals surface area (Å²) in [6.07, 6.45) is 1.29. The summed E-state index contributed by atoms with van der Waals surface area (Å²) in [6, 6.07) is 6.50. The van der Waals surface area contributed by atoms with Gasteiger partial charge in [-0.1, -0.05) is 12.1 Å². The first-order valence-electron chi connectivity index (χ1n) is 7.30. The Morgan fingerprint density at radius 1 is 1.36 bits per heavy atom. The normalized spacial score (nSPS) is 19.6. The molecular formula is C15H21NO5S. The average Bonchev–Trinajstić information content (AvgIpc) is 2.55. The maximum atomic E-state index is 12.8. The van der Waals surface area contributed by atoms with Crippen LogP contribution < -0.4 is 4.74 Å². The van der Waals surface area contributed by atoms with Crippen LogP contribution in [-0.4, -0.2) is 45.5 Å². The molecule has 0 bridgehead atoms. The highest BCUT2D eigenvalue weighted by atomic mass is 32.2. The van der Waals surface area contributed by atoms with Crippen LogP contribution in [0.4, 0.5) is 0 Å². The van der Waals surface area contributed by atoms with Crippen LogP contribution in [0.15, 0.2) is 29.2 Å². The lowest BCUT2D eigenvalue weighted by atomic mass is 10.0. The average molecular weight is 327 g/mol. The van der Waals surface area contributed by atoms with Crippen LogP contribution in [0.3, 0.4) is 0 Å². The standard InChI is InChI=1S/C15H21NO5S/c1-3-21-15(17)12-7-6-10-16(11-12)22(18,19)14-9-5-4-8-13(14)20-2/h4-5,8-9,12H,3,6-7,10-11H2,1-2H3/t12-/m0/s1. The van der Waals surface area contributed by atoms with Gasteiger partial charge in [0.05, 0.1) is 19.6 Å². The summed E-state index contributed by atoms with van der Waals surface area (Å²) in [6.45, 7) is 2.59. The Morgan fingerprint density at radius 2 is 2.09 bits per heavy atom. The van der Waals surface area contributed by atoms with Crippen molar-refractivity contribution in [3.8, 4) is 5.75 Å². The lowest BCUT2D eigenvalue weighted by Gasteiger charge is -2.31. The molecule has 0 aromatic heterocycles. The van der Waals surface area contributed by atoms with Gasteiger partial charge in [0.2, 0.25) is 10.0 Å². The Bertz CT molecular complexity index is 629. The highest BCUT2D eigenvalue weighted by Crippen LogP contribution is 2.29. The van der Waals surface area contributed by atoms with E-state index in [1.54, 1.807) is 25.1 Å². The van der Waals surface area contributed by atoms with Gasteiger partial charge in [-0.2, -0.15) is 4.31 Å². The molecule has 1 aromatic carbocycles. The highest BCUT2D eigenvalue weighted by Gasteiger charge is 2.35. The van der Waals surface area contributed by atoms with Crippen molar-refractivity contribution in [2.75, 3.05) is 26.8 Å². The number of carbonyl (C=O) groups is 1. The van der Waals surface area contributed by atoms with Crippen LogP contribution in [0.25, 0.3) is 0 Å². The number of carbonyl (C=O) groups excluding carboxylic acids is 1. The van der Waals surface area contributed by atoms with Gasteiger partial charge in [-0.3, -0.25) is 4.79 Å². The van der Waals surface area contributed by atoms with Crippen molar-refractivity contribution < 1.29 is 22.7 Å². The molecule has 0 N–H and O–H groups in total. The molecule has 0 spiro atoms. The summed E-state index contributed by atoms with van der Waals surface area (Å²) in [7, 11) is -2.25. The number of hydrogen-bond acceptors (Lipinski definition) is 5. The number of hydrogen-bond donors (Lipinski definition) is 0. The van der Waals surface area contributed by atoms with Gasteiger partial charge in [0.15, 0.2) is 0 Å². The fourth-order valence-corrected chi connectivity index (χ4v) is 4.26. The van der Waals surface area contributed by atoms with Gasteiger partial charge in [-0.05, 0) is 31.9 Å². The van der Waals surface area contributed by atoms with Crippen molar-refractivity contribution in [1.82, 2.24) is 4.31 Å². The Kier molecular flexibility index (Phi) is 5.42. The molecule has 0 radical (unpaired) electrons. The van der Waals surface area contributed by atoms with Crippen LogP contribution in [0.5, 0.6) is 5.75 Å². The molecule has 1 aromatic rings. The second kappa shape index (κ2) is 7.11. The van der Waals surface area contributed by atoms with Crippen molar-refractivity contribution in [2.45, 2.75) is 24.7 Å². The lowest BCUT2D eigenvalue weighted by molar-refractivity contribution is -0.149. The maximum absolute atomic E-state index is 12.8. The number of esters is 1. The molecule has 6 nitrogen and oxygen atoms in total. The molecule has 2 rings (SSSR count). The van der Waals surface area contributed by atoms with Crippen LogP contribution in [0.1, 0.15) is 19.8 Å². The molecule has 1 aliphatic heterocycles. The van der Waals surface area contributed by atoms with Crippen LogP contribution in [-0.2, 0) is 19.6 Å². The molecule has 0 amide bonds. The third kappa shape index (κ3) is 3.41. The van der Waals surface area contributed by atoms with Gasteiger partial charge in [-0.25, -0.2) is 8.42 Å². The summed E-state index contributed by atoms with van der Waals surface area (Å²) in [5.74, 6) is -0.429. The van der Waals surface area contributed by atoms with Gasteiger partial charge in [0, 0.05) is 13.1 Å². The van der Waals surface area contributed by atoms with Crippen molar-refractivity contribution >= 4 is 16.0 Å². The van der Waals surface area contributed by atoms with E-state index in [4.69, 9.17) is 9.47 Å². The number of ether oxygens (including phenoxy) is 2. The molecule has 7 heteroatoms. The molecule has 22 heavy (non-hydrogen) atoms. The highest BCUT2D eigenvalue weighted by molar-refractivity contribution is 7.89. The number of nitrogens with zero attached hydrogens (tertiary/aromatic N) is 1. The number of para-hydroxylation sites is 1. The Balaban J connectivity index is 2.24. The molecular weight excluding hydrogens is 306 g/mol. The predicted molar refractivity (Wildman–Crippen MR) is 81.1 cm³/mol. The lowest BCUT2D eigenvalue weighted by Crippen LogP contribution is -2.42. The van der Waals surface area contributed by atoms with E-state index in [0.29, 0.717) is 31.7 Å². The number of methoxy groups -OCH3 is 1. The monoisotopic (exact) mass is 327 g/mol. The molecule has 0 aliphatic carbocycles. The zero-order valence-corrected chi connectivity index (χ0v) is 13.6. The second-order valence-electron chi connectivity index (χ2n) is 5.11. The Labute approximate surface area is 131 Å². The first kappa shape index (κ1) is 16.8. The summed E-state index contributed by atoms with van der Waals surface area (Å²) in [5.41, 5.74) is 0. The molecule has 1 saturated heterocycles. The first-order chi connectivity index (χ1) is 10.5. The van der Waals surface area contributed by atoms with Crippen molar-refractivity contribution in [2.24, 2.45) is 5.92 Å². The largest absolute Gasteiger partial charge is 0.495 e. The number of benzene rings is 1. The molecule has 122 valence electrons. The van der Waals surface area contributed by atoms with Crippen molar-refractivity contribution in [1.29, 1.82) is 0 Å². The van der Waals surface area contributed by atoms with Gasteiger partial charge in [-0.15, -0.1) is 0 Å². The summed E-state index contributed by atoms with van der Waals surface area (Å²) >= 11 is 0. The minimum absolute atomic E-state index is 0.127. The number of rotatable bonds is 5. The summed E-state index contributed by atoms with van der Waals surface area (Å²) < 4.78 is 37.1. The maximum Gasteiger partial charge on any atom is 0.310 e. The van der Waals surface area contributed by atoms with Crippen molar-refractivity contribution in [3.05, 3.63) is 24.3 Å². The van der Waals surface area contributed by atoms with Crippen LogP contribution in [0, 0.1) is 5.92 Å². The van der Waals surface area contributed by atoms with Crippen LogP contribution in [0.2, 0.25) is 0 Å². The fourth-order valence-electron chi connectivity index (χ4n) is 2.58. The molecule has 1 fully saturated rings. The zero-order chi connectivity index (χ0) is 16.2. The minimum atomic E-state index is -3.69. The van der Waals surface area contributed by atoms with Gasteiger partial charge in [0.1, 0.15) is 10.6 Å². The fraction of sp³-hybridized carbons (Fsp3) is 0.533. The molecule has 1 heterocycles. The van der Waals surface area contributed by atoms with E-state index in [1.165, 1.54) is 17.5 Å². The number of piperidine rings is 1. The number of sulfonamides is 1. The SMILES string of the molecule is CCOC(=O)[C@H]1CCCN(S(=O)(=O)c2ccccc2OC)C1. The molecule has 0 saturated carbocycles. The first-order valence-corrected chi connectivity index (χ1v) is 8.74. The van der Waals surface area contributed by atoms with Gasteiger partial charge >= 0.3 is 5.97 Å². The van der Waals surface area contributed by atoms with Gasteiger partial charge < -0.3 is 9.47 Å². The molecule has 0 unspecified atom stereocenters. The van der Waals surface area contributed by atoms with E-state index < -0.39 is 15.9 Å². The molecule has 1 aliphatic rings. The smallest absolute Gasteiger partial charge is 0.310 e. The minimum Gasteiger partial charge on any atom is -0.495 e. The van der Waals surface area contributed by atoms with Crippen molar-refractivity contribution in [3.63, 3.8) is 0 Å². The van der Waals surface area contributed by atoms with E-state index in [1.807, 2.05) is 0 Å². The van der Waals surface area contributed by atoms with Crippen LogP contribution >= 0.6 is 0 Å².